The molecule has 0 saturated heterocycles. The Balaban J connectivity index is 0. The maximum absolute atomic E-state index is 2.43. The standard InChI is InChI=1S/C13H26.C10H22.C4H10/c1-5-10(3)12-7-8-13(9-12)11(4)6-2;1-5-7-10(6-2)8-9(3)4;1-4(2)3/h10-13H,5-9H2,1-4H3;9-10H,5-8H2,1-4H3;4H,1-3H3. The summed E-state index contributed by atoms with van der Waals surface area (Å²) in [5.41, 5.74) is 0. The van der Waals surface area contributed by atoms with Crippen LogP contribution in [-0.4, -0.2) is 0 Å². The highest BCUT2D eigenvalue weighted by Gasteiger charge is 2.30. The van der Waals surface area contributed by atoms with E-state index in [1.165, 1.54) is 57.8 Å². The summed E-state index contributed by atoms with van der Waals surface area (Å²) >= 11 is 0. The zero-order valence-corrected chi connectivity index (χ0v) is 21.4. The first-order valence-electron chi connectivity index (χ1n) is 12.6. The van der Waals surface area contributed by atoms with Crippen molar-refractivity contribution in [3.63, 3.8) is 0 Å². The molecule has 0 amide bonds. The fraction of sp³-hybridized carbons (Fsp3) is 1.00. The monoisotopic (exact) mass is 382 g/mol. The molecule has 0 radical (unpaired) electrons. The van der Waals surface area contributed by atoms with Gasteiger partial charge >= 0.3 is 0 Å². The molecule has 0 heterocycles. The second-order valence-electron chi connectivity index (χ2n) is 10.5. The third kappa shape index (κ3) is 16.6. The van der Waals surface area contributed by atoms with E-state index in [4.69, 9.17) is 0 Å². The summed E-state index contributed by atoms with van der Waals surface area (Å²) in [5, 5.41) is 0. The van der Waals surface area contributed by atoms with Gasteiger partial charge in [0, 0.05) is 0 Å². The summed E-state index contributed by atoms with van der Waals surface area (Å²) in [4.78, 5) is 0. The lowest BCUT2D eigenvalue weighted by molar-refractivity contribution is 0.305. The second kappa shape index (κ2) is 18.1. The molecule has 0 nitrogen and oxygen atoms in total. The Labute approximate surface area is 175 Å². The maximum atomic E-state index is 2.43. The van der Waals surface area contributed by atoms with Gasteiger partial charge in [-0.2, -0.15) is 0 Å². The quantitative estimate of drug-likeness (QED) is 0.372. The lowest BCUT2D eigenvalue weighted by Crippen LogP contribution is -2.10. The van der Waals surface area contributed by atoms with E-state index >= 15 is 0 Å². The molecule has 0 heteroatoms. The van der Waals surface area contributed by atoms with E-state index < -0.39 is 0 Å². The van der Waals surface area contributed by atoms with Crippen LogP contribution in [0.15, 0.2) is 0 Å². The minimum absolute atomic E-state index is 0.833. The minimum Gasteiger partial charge on any atom is -0.0654 e. The van der Waals surface area contributed by atoms with E-state index in [1.807, 2.05) is 0 Å². The Kier molecular flexibility index (Phi) is 19.5. The van der Waals surface area contributed by atoms with E-state index in [2.05, 4.69) is 76.2 Å². The Morgan fingerprint density at radius 3 is 1.33 bits per heavy atom. The van der Waals surface area contributed by atoms with Crippen LogP contribution in [0.4, 0.5) is 0 Å². The van der Waals surface area contributed by atoms with Gasteiger partial charge in [-0.05, 0) is 67.1 Å². The Bertz CT molecular complexity index is 272. The van der Waals surface area contributed by atoms with Gasteiger partial charge in [-0.25, -0.2) is 0 Å². The molecule has 166 valence electrons. The van der Waals surface area contributed by atoms with Crippen molar-refractivity contribution in [3.05, 3.63) is 0 Å². The molecule has 0 spiro atoms. The highest BCUT2D eigenvalue weighted by molar-refractivity contribution is 4.80. The van der Waals surface area contributed by atoms with Crippen LogP contribution in [0.2, 0.25) is 0 Å². The van der Waals surface area contributed by atoms with Crippen LogP contribution < -0.4 is 0 Å². The first-order valence-corrected chi connectivity index (χ1v) is 12.6. The highest BCUT2D eigenvalue weighted by atomic mass is 14.4. The van der Waals surface area contributed by atoms with Gasteiger partial charge in [-0.1, -0.05) is 108 Å². The number of rotatable bonds is 9. The lowest BCUT2D eigenvalue weighted by atomic mass is 9.86. The SMILES string of the molecule is CC(C)C.CCC(C)C1CCC(C(C)CC)C1.CCCC(CC)CC(C)C. The Morgan fingerprint density at radius 1 is 0.667 bits per heavy atom. The van der Waals surface area contributed by atoms with E-state index in [0.29, 0.717) is 0 Å². The molecule has 1 aliphatic rings. The fourth-order valence-corrected chi connectivity index (χ4v) is 4.32. The Hall–Kier alpha value is 0. The summed E-state index contributed by atoms with van der Waals surface area (Å²) in [6, 6.07) is 0. The van der Waals surface area contributed by atoms with Crippen LogP contribution in [-0.2, 0) is 0 Å². The first kappa shape index (κ1) is 29.2. The number of hydrogen-bond acceptors (Lipinski definition) is 0. The summed E-state index contributed by atoms with van der Waals surface area (Å²) in [5.74, 6) is 6.73. The molecule has 1 saturated carbocycles. The van der Waals surface area contributed by atoms with Crippen molar-refractivity contribution in [2.24, 2.45) is 41.4 Å². The molecule has 1 rings (SSSR count). The van der Waals surface area contributed by atoms with Crippen molar-refractivity contribution < 1.29 is 0 Å². The smallest absolute Gasteiger partial charge is 0.0386 e. The van der Waals surface area contributed by atoms with Crippen molar-refractivity contribution in [1.82, 2.24) is 0 Å². The summed E-state index contributed by atoms with van der Waals surface area (Å²) < 4.78 is 0. The van der Waals surface area contributed by atoms with Gasteiger partial charge < -0.3 is 0 Å². The third-order valence-electron chi connectivity index (χ3n) is 6.49. The summed E-state index contributed by atoms with van der Waals surface area (Å²) in [6.45, 7) is 25.3. The van der Waals surface area contributed by atoms with E-state index in [1.54, 1.807) is 0 Å². The third-order valence-corrected chi connectivity index (χ3v) is 6.49. The molecule has 0 bridgehead atoms. The predicted molar refractivity (Wildman–Crippen MR) is 128 cm³/mol. The van der Waals surface area contributed by atoms with Gasteiger partial charge in [0.2, 0.25) is 0 Å². The molecule has 0 aromatic carbocycles. The molecule has 0 aromatic heterocycles. The first-order chi connectivity index (χ1) is 12.6. The molecule has 1 aliphatic carbocycles. The topological polar surface area (TPSA) is 0 Å². The molecule has 5 atom stereocenters. The van der Waals surface area contributed by atoms with Gasteiger partial charge in [0.25, 0.3) is 0 Å². The van der Waals surface area contributed by atoms with Crippen molar-refractivity contribution >= 4 is 0 Å². The van der Waals surface area contributed by atoms with Crippen molar-refractivity contribution in [3.8, 4) is 0 Å². The molecule has 27 heavy (non-hydrogen) atoms. The van der Waals surface area contributed by atoms with Crippen molar-refractivity contribution in [2.45, 2.75) is 134 Å². The van der Waals surface area contributed by atoms with E-state index in [-0.39, 0.29) is 0 Å². The summed E-state index contributed by atoms with van der Waals surface area (Å²) in [6.07, 6.45) is 12.8. The molecule has 0 N–H and O–H groups in total. The molecule has 0 aromatic rings. The van der Waals surface area contributed by atoms with Crippen LogP contribution in [0.1, 0.15) is 134 Å². The van der Waals surface area contributed by atoms with Crippen LogP contribution in [0.5, 0.6) is 0 Å². The van der Waals surface area contributed by atoms with Gasteiger partial charge in [-0.15, -0.1) is 0 Å². The van der Waals surface area contributed by atoms with Gasteiger partial charge in [-0.3, -0.25) is 0 Å². The van der Waals surface area contributed by atoms with Crippen LogP contribution in [0.3, 0.4) is 0 Å². The maximum Gasteiger partial charge on any atom is -0.0386 e. The lowest BCUT2D eigenvalue weighted by Gasteiger charge is -2.20. The van der Waals surface area contributed by atoms with Crippen LogP contribution in [0, 0.1) is 41.4 Å². The van der Waals surface area contributed by atoms with Crippen LogP contribution in [0.25, 0.3) is 0 Å². The highest BCUT2D eigenvalue weighted by Crippen LogP contribution is 2.41. The predicted octanol–water partition coefficient (Wildman–Crippen LogP) is 10.0. The van der Waals surface area contributed by atoms with Crippen molar-refractivity contribution in [1.29, 1.82) is 0 Å². The van der Waals surface area contributed by atoms with Crippen molar-refractivity contribution in [2.75, 3.05) is 0 Å². The van der Waals surface area contributed by atoms with E-state index in [9.17, 15) is 0 Å². The summed E-state index contributed by atoms with van der Waals surface area (Å²) in [7, 11) is 0. The molecular weight excluding hydrogens is 324 g/mol. The van der Waals surface area contributed by atoms with Gasteiger partial charge in [0.15, 0.2) is 0 Å². The molecular formula is C27H58. The normalized spacial score (nSPS) is 22.6. The second-order valence-corrected chi connectivity index (χ2v) is 10.5. The fourth-order valence-electron chi connectivity index (χ4n) is 4.32. The Morgan fingerprint density at radius 2 is 1.07 bits per heavy atom. The van der Waals surface area contributed by atoms with Gasteiger partial charge in [0.05, 0.1) is 0 Å². The average molecular weight is 383 g/mol. The molecule has 1 fully saturated rings. The zero-order chi connectivity index (χ0) is 21.4. The number of hydrogen-bond donors (Lipinski definition) is 0. The van der Waals surface area contributed by atoms with Crippen LogP contribution >= 0.6 is 0 Å². The van der Waals surface area contributed by atoms with Gasteiger partial charge in [0.1, 0.15) is 0 Å². The zero-order valence-electron chi connectivity index (χ0n) is 21.4. The van der Waals surface area contributed by atoms with E-state index in [0.717, 1.165) is 41.4 Å². The average Bonchev–Trinajstić information content (AvgIpc) is 3.09. The molecule has 5 unspecified atom stereocenters. The largest absolute Gasteiger partial charge is 0.0654 e. The molecule has 0 aliphatic heterocycles. The minimum atomic E-state index is 0.833.